The second-order valence-electron chi connectivity index (χ2n) is 4.54. The molecule has 96 valence electrons. The highest BCUT2D eigenvalue weighted by atomic mass is 35.5. The van der Waals surface area contributed by atoms with Crippen LogP contribution >= 0.6 is 11.6 Å². The summed E-state index contributed by atoms with van der Waals surface area (Å²) in [6.45, 7) is 3.99. The van der Waals surface area contributed by atoms with Crippen molar-refractivity contribution >= 4 is 17.6 Å². The number of halogens is 1. The first kappa shape index (κ1) is 14.3. The second-order valence-corrected chi connectivity index (χ2v) is 4.95. The van der Waals surface area contributed by atoms with Crippen molar-refractivity contribution in [2.45, 2.75) is 20.3 Å². The number of benzene rings is 1. The number of aromatic carboxylic acids is 1. The van der Waals surface area contributed by atoms with Crippen LogP contribution in [0, 0.1) is 16.7 Å². The van der Waals surface area contributed by atoms with Gasteiger partial charge in [-0.15, -0.1) is 0 Å². The highest BCUT2D eigenvalue weighted by molar-refractivity contribution is 6.33. The Kier molecular flexibility index (Phi) is 4.57. The maximum Gasteiger partial charge on any atom is 0.337 e. The third-order valence-electron chi connectivity index (χ3n) is 2.47. The molecule has 0 fully saturated rings. The average molecular weight is 268 g/mol. The van der Waals surface area contributed by atoms with Gasteiger partial charge in [0.1, 0.15) is 5.75 Å². The molecule has 1 N–H and O–H groups in total. The molecule has 0 aliphatic carbocycles. The van der Waals surface area contributed by atoms with Crippen LogP contribution < -0.4 is 4.74 Å². The fourth-order valence-corrected chi connectivity index (χ4v) is 1.44. The van der Waals surface area contributed by atoms with Crippen LogP contribution in [0.2, 0.25) is 5.02 Å². The molecule has 0 spiro atoms. The van der Waals surface area contributed by atoms with Gasteiger partial charge >= 0.3 is 5.97 Å². The van der Waals surface area contributed by atoms with E-state index >= 15 is 0 Å². The Morgan fingerprint density at radius 1 is 1.56 bits per heavy atom. The van der Waals surface area contributed by atoms with Crippen molar-refractivity contribution in [1.29, 1.82) is 5.26 Å². The number of carboxylic acids is 1. The first-order valence-corrected chi connectivity index (χ1v) is 5.80. The summed E-state index contributed by atoms with van der Waals surface area (Å²) < 4.78 is 5.42. The summed E-state index contributed by atoms with van der Waals surface area (Å²) in [6.07, 6.45) is 0.564. The third-order valence-corrected chi connectivity index (χ3v) is 2.80. The van der Waals surface area contributed by atoms with Gasteiger partial charge in [0, 0.05) is 0 Å². The molecule has 1 rings (SSSR count). The molecular formula is C13H14ClNO3. The molecular weight excluding hydrogens is 254 g/mol. The van der Waals surface area contributed by atoms with Crippen molar-refractivity contribution in [2.24, 2.45) is 5.41 Å². The molecule has 0 saturated carbocycles. The van der Waals surface area contributed by atoms with Crippen LogP contribution in [0.15, 0.2) is 18.2 Å². The maximum atomic E-state index is 10.9. The molecule has 0 aliphatic rings. The lowest BCUT2D eigenvalue weighted by atomic mass is 9.92. The number of carbonyl (C=O) groups is 1. The predicted octanol–water partition coefficient (Wildman–Crippen LogP) is 3.36. The Morgan fingerprint density at radius 3 is 2.78 bits per heavy atom. The first-order valence-electron chi connectivity index (χ1n) is 5.42. The van der Waals surface area contributed by atoms with Crippen LogP contribution in [0.4, 0.5) is 0 Å². The monoisotopic (exact) mass is 267 g/mol. The summed E-state index contributed by atoms with van der Waals surface area (Å²) in [5.41, 5.74) is -0.448. The lowest BCUT2D eigenvalue weighted by Gasteiger charge is -2.15. The van der Waals surface area contributed by atoms with Gasteiger partial charge in [0.2, 0.25) is 0 Å². The van der Waals surface area contributed by atoms with Crippen molar-refractivity contribution in [1.82, 2.24) is 0 Å². The van der Waals surface area contributed by atoms with Gasteiger partial charge < -0.3 is 9.84 Å². The molecule has 0 saturated heterocycles. The summed E-state index contributed by atoms with van der Waals surface area (Å²) in [4.78, 5) is 10.9. The molecule has 4 nitrogen and oxygen atoms in total. The van der Waals surface area contributed by atoms with Gasteiger partial charge in [-0.05, 0) is 38.5 Å². The van der Waals surface area contributed by atoms with Crippen molar-refractivity contribution in [3.8, 4) is 11.8 Å². The first-order chi connectivity index (χ1) is 8.35. The van der Waals surface area contributed by atoms with Crippen molar-refractivity contribution < 1.29 is 14.6 Å². The molecule has 0 heterocycles. The van der Waals surface area contributed by atoms with Crippen molar-refractivity contribution in [3.63, 3.8) is 0 Å². The van der Waals surface area contributed by atoms with Gasteiger partial charge in [0.05, 0.1) is 28.7 Å². The molecule has 0 bridgehead atoms. The van der Waals surface area contributed by atoms with E-state index in [9.17, 15) is 4.79 Å². The van der Waals surface area contributed by atoms with Gasteiger partial charge in [-0.3, -0.25) is 0 Å². The van der Waals surface area contributed by atoms with E-state index < -0.39 is 11.4 Å². The molecule has 5 heteroatoms. The number of nitriles is 1. The van der Waals surface area contributed by atoms with Crippen LogP contribution in [0.25, 0.3) is 0 Å². The quantitative estimate of drug-likeness (QED) is 0.888. The van der Waals surface area contributed by atoms with E-state index in [1.165, 1.54) is 12.1 Å². The highest BCUT2D eigenvalue weighted by Gasteiger charge is 2.16. The van der Waals surface area contributed by atoms with Crippen LogP contribution in [0.3, 0.4) is 0 Å². The molecule has 0 atom stereocenters. The van der Waals surface area contributed by atoms with Crippen LogP contribution in [0.5, 0.6) is 5.75 Å². The second kappa shape index (κ2) is 5.74. The topological polar surface area (TPSA) is 70.3 Å². The van der Waals surface area contributed by atoms with Crippen molar-refractivity contribution in [2.75, 3.05) is 6.61 Å². The molecule has 0 unspecified atom stereocenters. The van der Waals surface area contributed by atoms with E-state index in [0.717, 1.165) is 0 Å². The molecule has 0 aromatic heterocycles. The SMILES string of the molecule is CC(C)(C#N)CCOc1ccc(Cl)c(C(=O)O)c1. The molecule has 18 heavy (non-hydrogen) atoms. The highest BCUT2D eigenvalue weighted by Crippen LogP contribution is 2.24. The van der Waals surface area contributed by atoms with Crippen LogP contribution in [-0.2, 0) is 0 Å². The lowest BCUT2D eigenvalue weighted by Crippen LogP contribution is -2.13. The fourth-order valence-electron chi connectivity index (χ4n) is 1.24. The zero-order chi connectivity index (χ0) is 13.8. The van der Waals surface area contributed by atoms with E-state index in [-0.39, 0.29) is 10.6 Å². The Morgan fingerprint density at radius 2 is 2.22 bits per heavy atom. The van der Waals surface area contributed by atoms with E-state index in [4.69, 9.17) is 26.7 Å². The predicted molar refractivity (Wildman–Crippen MR) is 67.9 cm³/mol. The molecule has 0 aliphatic heterocycles. The molecule has 0 radical (unpaired) electrons. The summed E-state index contributed by atoms with van der Waals surface area (Å²) >= 11 is 5.74. The lowest BCUT2D eigenvalue weighted by molar-refractivity contribution is 0.0696. The minimum absolute atomic E-state index is 0.00806. The van der Waals surface area contributed by atoms with E-state index in [2.05, 4.69) is 6.07 Å². The van der Waals surface area contributed by atoms with Gasteiger partial charge in [-0.1, -0.05) is 11.6 Å². The average Bonchev–Trinajstić information content (AvgIpc) is 2.31. The van der Waals surface area contributed by atoms with E-state index in [1.54, 1.807) is 6.07 Å². The number of hydrogen-bond acceptors (Lipinski definition) is 3. The minimum Gasteiger partial charge on any atom is -0.494 e. The number of ether oxygens (including phenoxy) is 1. The zero-order valence-electron chi connectivity index (χ0n) is 10.2. The van der Waals surface area contributed by atoms with Gasteiger partial charge in [-0.25, -0.2) is 4.79 Å². The summed E-state index contributed by atoms with van der Waals surface area (Å²) in [5.74, 6) is -0.659. The number of hydrogen-bond donors (Lipinski definition) is 1. The maximum absolute atomic E-state index is 10.9. The van der Waals surface area contributed by atoms with Gasteiger partial charge in [0.25, 0.3) is 0 Å². The Balaban J connectivity index is 2.67. The largest absolute Gasteiger partial charge is 0.494 e. The Labute approximate surface area is 111 Å². The molecule has 0 amide bonds. The molecule has 1 aromatic carbocycles. The Bertz CT molecular complexity index is 491. The normalized spacial score (nSPS) is 10.8. The summed E-state index contributed by atoms with van der Waals surface area (Å²) in [7, 11) is 0. The number of nitrogens with zero attached hydrogens (tertiary/aromatic N) is 1. The van der Waals surface area contributed by atoms with Crippen molar-refractivity contribution in [3.05, 3.63) is 28.8 Å². The van der Waals surface area contributed by atoms with E-state index in [0.29, 0.717) is 18.8 Å². The third kappa shape index (κ3) is 3.94. The summed E-state index contributed by atoms with van der Waals surface area (Å²) in [5, 5.41) is 17.9. The van der Waals surface area contributed by atoms with Gasteiger partial charge in [-0.2, -0.15) is 5.26 Å². The van der Waals surface area contributed by atoms with Crippen LogP contribution in [-0.4, -0.2) is 17.7 Å². The summed E-state index contributed by atoms with van der Waals surface area (Å²) in [6, 6.07) is 6.64. The van der Waals surface area contributed by atoms with E-state index in [1.807, 2.05) is 13.8 Å². The fraction of sp³-hybridized carbons (Fsp3) is 0.385. The van der Waals surface area contributed by atoms with Crippen LogP contribution in [0.1, 0.15) is 30.6 Å². The molecule has 1 aromatic rings. The van der Waals surface area contributed by atoms with Gasteiger partial charge in [0.15, 0.2) is 0 Å². The number of rotatable bonds is 5. The number of carboxylic acid groups (broad SMARTS) is 1. The Hall–Kier alpha value is -1.73. The zero-order valence-corrected chi connectivity index (χ0v) is 11.0. The standard InChI is InChI=1S/C13H14ClNO3/c1-13(2,8-15)5-6-18-9-3-4-11(14)10(7-9)12(16)17/h3-4,7H,5-6H2,1-2H3,(H,16,17). The minimum atomic E-state index is -1.09. The smallest absolute Gasteiger partial charge is 0.337 e.